The van der Waals surface area contributed by atoms with Crippen LogP contribution >= 0.6 is 0 Å². The summed E-state index contributed by atoms with van der Waals surface area (Å²) in [7, 11) is -3.48. The van der Waals surface area contributed by atoms with Gasteiger partial charge in [0.1, 0.15) is 0 Å². The SMILES string of the molecule is Cc1ccc(S(=O)(=O)N2CCN(CC(=O)NCC3CCCO3)CC2)cc1C. The highest BCUT2D eigenvalue weighted by Gasteiger charge is 2.29. The van der Waals surface area contributed by atoms with Crippen molar-refractivity contribution in [2.45, 2.75) is 37.7 Å². The fourth-order valence-electron chi connectivity index (χ4n) is 3.44. The van der Waals surface area contributed by atoms with Crippen molar-refractivity contribution in [2.75, 3.05) is 45.9 Å². The van der Waals surface area contributed by atoms with E-state index in [0.717, 1.165) is 30.6 Å². The van der Waals surface area contributed by atoms with Gasteiger partial charge in [-0.3, -0.25) is 9.69 Å². The second-order valence-electron chi connectivity index (χ2n) is 7.37. The van der Waals surface area contributed by atoms with Crippen LogP contribution in [0.25, 0.3) is 0 Å². The van der Waals surface area contributed by atoms with E-state index < -0.39 is 10.0 Å². The van der Waals surface area contributed by atoms with Gasteiger partial charge in [0.15, 0.2) is 0 Å². The minimum atomic E-state index is -3.48. The van der Waals surface area contributed by atoms with Crippen molar-refractivity contribution in [1.82, 2.24) is 14.5 Å². The van der Waals surface area contributed by atoms with Gasteiger partial charge < -0.3 is 10.1 Å². The summed E-state index contributed by atoms with van der Waals surface area (Å²) in [6, 6.07) is 5.25. The molecule has 2 heterocycles. The molecule has 1 amide bonds. The Morgan fingerprint density at radius 3 is 2.56 bits per heavy atom. The van der Waals surface area contributed by atoms with Crippen LogP contribution in [0.2, 0.25) is 0 Å². The molecule has 2 saturated heterocycles. The maximum Gasteiger partial charge on any atom is 0.243 e. The molecule has 2 aliphatic heterocycles. The lowest BCUT2D eigenvalue weighted by Crippen LogP contribution is -2.51. The number of hydrogen-bond donors (Lipinski definition) is 1. The number of rotatable bonds is 6. The van der Waals surface area contributed by atoms with Crippen LogP contribution in [0, 0.1) is 13.8 Å². The Labute approximate surface area is 161 Å². The Morgan fingerprint density at radius 1 is 1.19 bits per heavy atom. The molecule has 1 unspecified atom stereocenters. The van der Waals surface area contributed by atoms with E-state index in [1.54, 1.807) is 12.1 Å². The smallest absolute Gasteiger partial charge is 0.243 e. The van der Waals surface area contributed by atoms with Gasteiger partial charge >= 0.3 is 0 Å². The first kappa shape index (κ1) is 20.3. The summed E-state index contributed by atoms with van der Waals surface area (Å²) in [6.07, 6.45) is 2.18. The van der Waals surface area contributed by atoms with Gasteiger partial charge in [-0.2, -0.15) is 4.31 Å². The van der Waals surface area contributed by atoms with Crippen molar-refractivity contribution in [3.63, 3.8) is 0 Å². The van der Waals surface area contributed by atoms with Crippen LogP contribution in [-0.2, 0) is 19.6 Å². The lowest BCUT2D eigenvalue weighted by Gasteiger charge is -2.33. The molecule has 0 bridgehead atoms. The topological polar surface area (TPSA) is 79.0 Å². The molecule has 1 atom stereocenters. The van der Waals surface area contributed by atoms with Gasteiger partial charge in [0.25, 0.3) is 0 Å². The number of carbonyl (C=O) groups excluding carboxylic acids is 1. The van der Waals surface area contributed by atoms with Crippen molar-refractivity contribution in [2.24, 2.45) is 0 Å². The number of carbonyl (C=O) groups is 1. The van der Waals surface area contributed by atoms with Crippen LogP contribution in [0.15, 0.2) is 23.1 Å². The van der Waals surface area contributed by atoms with Gasteiger partial charge in [-0.1, -0.05) is 6.07 Å². The number of ether oxygens (including phenoxy) is 1. The van der Waals surface area contributed by atoms with E-state index in [9.17, 15) is 13.2 Å². The van der Waals surface area contributed by atoms with Gasteiger partial charge in [0.2, 0.25) is 15.9 Å². The van der Waals surface area contributed by atoms with Crippen LogP contribution in [0.1, 0.15) is 24.0 Å². The molecule has 0 spiro atoms. The van der Waals surface area contributed by atoms with Gasteiger partial charge in [0.05, 0.1) is 17.5 Å². The van der Waals surface area contributed by atoms with E-state index in [2.05, 4.69) is 5.32 Å². The van der Waals surface area contributed by atoms with Crippen LogP contribution in [0.5, 0.6) is 0 Å². The zero-order chi connectivity index (χ0) is 19.4. The summed E-state index contributed by atoms with van der Waals surface area (Å²) >= 11 is 0. The van der Waals surface area contributed by atoms with E-state index >= 15 is 0 Å². The Morgan fingerprint density at radius 2 is 1.93 bits per heavy atom. The first-order valence-electron chi connectivity index (χ1n) is 9.54. The molecule has 0 aliphatic carbocycles. The van der Waals surface area contributed by atoms with Crippen molar-refractivity contribution < 1.29 is 17.9 Å². The van der Waals surface area contributed by atoms with Crippen molar-refractivity contribution in [1.29, 1.82) is 0 Å². The molecule has 7 nitrogen and oxygen atoms in total. The number of sulfonamides is 1. The zero-order valence-corrected chi connectivity index (χ0v) is 16.9. The van der Waals surface area contributed by atoms with Crippen molar-refractivity contribution in [3.05, 3.63) is 29.3 Å². The van der Waals surface area contributed by atoms with Crippen LogP contribution in [-0.4, -0.2) is 75.5 Å². The highest BCUT2D eigenvalue weighted by atomic mass is 32.2. The Kier molecular flexibility index (Phi) is 6.52. The van der Waals surface area contributed by atoms with Crippen LogP contribution in [0.4, 0.5) is 0 Å². The average molecular weight is 396 g/mol. The summed E-state index contributed by atoms with van der Waals surface area (Å²) in [5.41, 5.74) is 2.05. The van der Waals surface area contributed by atoms with E-state index in [1.807, 2.05) is 24.8 Å². The second kappa shape index (κ2) is 8.68. The number of nitrogens with one attached hydrogen (secondary N) is 1. The van der Waals surface area contributed by atoms with Gasteiger partial charge in [-0.15, -0.1) is 0 Å². The Bertz CT molecular complexity index is 767. The zero-order valence-electron chi connectivity index (χ0n) is 16.1. The molecule has 0 radical (unpaired) electrons. The summed E-state index contributed by atoms with van der Waals surface area (Å²) < 4.78 is 32.7. The Hall–Kier alpha value is -1.48. The summed E-state index contributed by atoms with van der Waals surface area (Å²) in [5, 5.41) is 2.91. The second-order valence-corrected chi connectivity index (χ2v) is 9.30. The third kappa shape index (κ3) is 5.07. The molecule has 27 heavy (non-hydrogen) atoms. The fourth-order valence-corrected chi connectivity index (χ4v) is 4.95. The maximum absolute atomic E-state index is 12.8. The molecule has 1 aromatic rings. The van der Waals surface area contributed by atoms with Gasteiger partial charge in [-0.05, 0) is 49.9 Å². The van der Waals surface area contributed by atoms with Crippen LogP contribution in [0.3, 0.4) is 0 Å². The number of benzene rings is 1. The number of amides is 1. The molecule has 150 valence electrons. The third-order valence-corrected chi connectivity index (χ3v) is 7.26. The lowest BCUT2D eigenvalue weighted by atomic mass is 10.1. The molecule has 3 rings (SSSR count). The molecule has 2 fully saturated rings. The summed E-state index contributed by atoms with van der Waals surface area (Å²) in [4.78, 5) is 14.4. The lowest BCUT2D eigenvalue weighted by molar-refractivity contribution is -0.123. The van der Waals surface area contributed by atoms with Crippen molar-refractivity contribution in [3.8, 4) is 0 Å². The fraction of sp³-hybridized carbons (Fsp3) is 0.632. The number of aryl methyl sites for hydroxylation is 2. The standard InChI is InChI=1S/C19H29N3O4S/c1-15-5-6-18(12-16(15)2)27(24,25)22-9-7-21(8-10-22)14-19(23)20-13-17-4-3-11-26-17/h5-6,12,17H,3-4,7-11,13-14H2,1-2H3,(H,20,23). The molecule has 1 aromatic carbocycles. The van der Waals surface area contributed by atoms with E-state index in [-0.39, 0.29) is 12.0 Å². The summed E-state index contributed by atoms with van der Waals surface area (Å²) in [5.74, 6) is -0.0315. The predicted molar refractivity (Wildman–Crippen MR) is 103 cm³/mol. The highest BCUT2D eigenvalue weighted by molar-refractivity contribution is 7.89. The van der Waals surface area contributed by atoms with Crippen molar-refractivity contribution >= 4 is 15.9 Å². The van der Waals surface area contributed by atoms with E-state index in [1.165, 1.54) is 4.31 Å². The average Bonchev–Trinajstić information content (AvgIpc) is 3.16. The monoisotopic (exact) mass is 395 g/mol. The normalized spacial score (nSPS) is 22.1. The van der Waals surface area contributed by atoms with E-state index in [4.69, 9.17) is 4.74 Å². The van der Waals surface area contributed by atoms with Crippen LogP contribution < -0.4 is 5.32 Å². The first-order valence-corrected chi connectivity index (χ1v) is 11.0. The molecule has 0 saturated carbocycles. The summed E-state index contributed by atoms with van der Waals surface area (Å²) in [6.45, 7) is 7.41. The van der Waals surface area contributed by atoms with Gasteiger partial charge in [0, 0.05) is 39.3 Å². The first-order chi connectivity index (χ1) is 12.9. The molecular weight excluding hydrogens is 366 g/mol. The quantitative estimate of drug-likeness (QED) is 0.774. The highest BCUT2D eigenvalue weighted by Crippen LogP contribution is 2.20. The van der Waals surface area contributed by atoms with E-state index in [0.29, 0.717) is 44.2 Å². The molecule has 8 heteroatoms. The molecule has 0 aromatic heterocycles. The van der Waals surface area contributed by atoms with Gasteiger partial charge in [-0.25, -0.2) is 8.42 Å². The third-order valence-electron chi connectivity index (χ3n) is 5.37. The minimum Gasteiger partial charge on any atom is -0.376 e. The maximum atomic E-state index is 12.8. The molecular formula is C19H29N3O4S. The molecule has 1 N–H and O–H groups in total. The largest absolute Gasteiger partial charge is 0.376 e. The molecule has 2 aliphatic rings. The number of nitrogens with zero attached hydrogens (tertiary/aromatic N) is 2. The number of hydrogen-bond acceptors (Lipinski definition) is 5. The Balaban J connectivity index is 1.49. The minimum absolute atomic E-state index is 0.0315. The predicted octanol–water partition coefficient (Wildman–Crippen LogP) is 0.905. The number of piperazine rings is 1.